The summed E-state index contributed by atoms with van der Waals surface area (Å²) in [7, 11) is 5.54. The van der Waals surface area contributed by atoms with Crippen LogP contribution in [-0.2, 0) is 9.47 Å². The van der Waals surface area contributed by atoms with Crippen LogP contribution in [0.25, 0.3) is 0 Å². The average Bonchev–Trinajstić information content (AvgIpc) is 2.41. The van der Waals surface area contributed by atoms with E-state index in [1.807, 2.05) is 0 Å². The molecule has 0 saturated heterocycles. The van der Waals surface area contributed by atoms with Gasteiger partial charge in [-0.3, -0.25) is 0 Å². The second kappa shape index (κ2) is 8.86. The van der Waals surface area contributed by atoms with Crippen LogP contribution in [0.15, 0.2) is 0 Å². The Bertz CT molecular complexity index is 204. The SMILES string of the molecule is COC(CC(CN)N(C)CC1CCCCC1)OC. The van der Waals surface area contributed by atoms with Crippen molar-refractivity contribution in [2.75, 3.05) is 34.4 Å². The molecule has 1 aliphatic rings. The van der Waals surface area contributed by atoms with Gasteiger partial charge in [0.15, 0.2) is 6.29 Å². The lowest BCUT2D eigenvalue weighted by Crippen LogP contribution is -2.43. The van der Waals surface area contributed by atoms with Gasteiger partial charge < -0.3 is 20.1 Å². The third-order valence-electron chi connectivity index (χ3n) is 4.16. The van der Waals surface area contributed by atoms with Gasteiger partial charge in [-0.2, -0.15) is 0 Å². The topological polar surface area (TPSA) is 47.7 Å². The van der Waals surface area contributed by atoms with Crippen molar-refractivity contribution < 1.29 is 9.47 Å². The van der Waals surface area contributed by atoms with Gasteiger partial charge in [0.25, 0.3) is 0 Å². The molecule has 0 bridgehead atoms. The minimum Gasteiger partial charge on any atom is -0.356 e. The summed E-state index contributed by atoms with van der Waals surface area (Å²) in [5.74, 6) is 0.848. The molecule has 1 aliphatic carbocycles. The van der Waals surface area contributed by atoms with Crippen molar-refractivity contribution in [3.8, 4) is 0 Å². The smallest absolute Gasteiger partial charge is 0.158 e. The van der Waals surface area contributed by atoms with Crippen LogP contribution in [0.3, 0.4) is 0 Å². The maximum absolute atomic E-state index is 5.88. The normalized spacial score (nSPS) is 19.7. The van der Waals surface area contributed by atoms with Gasteiger partial charge in [-0.25, -0.2) is 0 Å². The van der Waals surface area contributed by atoms with Crippen molar-refractivity contribution in [3.63, 3.8) is 0 Å². The van der Waals surface area contributed by atoms with Gasteiger partial charge in [-0.15, -0.1) is 0 Å². The number of hydrogen-bond acceptors (Lipinski definition) is 4. The fourth-order valence-corrected chi connectivity index (χ4v) is 2.89. The molecule has 0 aromatic carbocycles. The third-order valence-corrected chi connectivity index (χ3v) is 4.16. The van der Waals surface area contributed by atoms with E-state index in [-0.39, 0.29) is 6.29 Å². The van der Waals surface area contributed by atoms with E-state index in [2.05, 4.69) is 11.9 Å². The zero-order valence-corrected chi connectivity index (χ0v) is 12.2. The fraction of sp³-hybridized carbons (Fsp3) is 1.00. The summed E-state index contributed by atoms with van der Waals surface area (Å²) in [6, 6.07) is 0.344. The van der Waals surface area contributed by atoms with Crippen LogP contribution in [0.2, 0.25) is 0 Å². The molecular weight excluding hydrogens is 228 g/mol. The largest absolute Gasteiger partial charge is 0.356 e. The van der Waals surface area contributed by atoms with Crippen molar-refractivity contribution in [1.29, 1.82) is 0 Å². The Labute approximate surface area is 112 Å². The Hall–Kier alpha value is -0.160. The molecule has 108 valence electrons. The Kier molecular flexibility index (Phi) is 7.82. The van der Waals surface area contributed by atoms with Crippen molar-refractivity contribution in [2.24, 2.45) is 11.7 Å². The number of nitrogens with zero attached hydrogens (tertiary/aromatic N) is 1. The maximum Gasteiger partial charge on any atom is 0.158 e. The van der Waals surface area contributed by atoms with Crippen molar-refractivity contribution in [1.82, 2.24) is 4.90 Å². The van der Waals surface area contributed by atoms with E-state index >= 15 is 0 Å². The molecule has 0 heterocycles. The van der Waals surface area contributed by atoms with Crippen LogP contribution >= 0.6 is 0 Å². The molecule has 18 heavy (non-hydrogen) atoms. The van der Waals surface area contributed by atoms with E-state index in [4.69, 9.17) is 15.2 Å². The number of hydrogen-bond donors (Lipinski definition) is 1. The molecule has 1 unspecified atom stereocenters. The molecule has 2 N–H and O–H groups in total. The Morgan fingerprint density at radius 2 is 1.78 bits per heavy atom. The van der Waals surface area contributed by atoms with Gasteiger partial charge >= 0.3 is 0 Å². The summed E-state index contributed by atoms with van der Waals surface area (Å²) in [5.41, 5.74) is 5.88. The first kappa shape index (κ1) is 15.9. The molecule has 1 atom stereocenters. The first-order valence-electron chi connectivity index (χ1n) is 7.17. The van der Waals surface area contributed by atoms with Crippen LogP contribution in [0.4, 0.5) is 0 Å². The zero-order valence-electron chi connectivity index (χ0n) is 12.2. The van der Waals surface area contributed by atoms with E-state index in [1.54, 1.807) is 14.2 Å². The van der Waals surface area contributed by atoms with Crippen molar-refractivity contribution >= 4 is 0 Å². The van der Waals surface area contributed by atoms with Gasteiger partial charge in [0.05, 0.1) is 0 Å². The quantitative estimate of drug-likeness (QED) is 0.675. The molecule has 1 rings (SSSR count). The third kappa shape index (κ3) is 5.22. The number of nitrogens with two attached hydrogens (primary N) is 1. The molecule has 1 fully saturated rings. The molecule has 0 spiro atoms. The second-order valence-corrected chi connectivity index (χ2v) is 5.47. The summed E-state index contributed by atoms with van der Waals surface area (Å²) in [6.07, 6.45) is 7.64. The van der Waals surface area contributed by atoms with E-state index in [9.17, 15) is 0 Å². The van der Waals surface area contributed by atoms with Gasteiger partial charge in [-0.05, 0) is 25.8 Å². The molecule has 0 aromatic heterocycles. The lowest BCUT2D eigenvalue weighted by molar-refractivity contribution is -0.116. The van der Waals surface area contributed by atoms with Crippen molar-refractivity contribution in [3.05, 3.63) is 0 Å². The van der Waals surface area contributed by atoms with E-state index in [0.717, 1.165) is 18.9 Å². The van der Waals surface area contributed by atoms with E-state index < -0.39 is 0 Å². The highest BCUT2D eigenvalue weighted by atomic mass is 16.7. The predicted molar refractivity (Wildman–Crippen MR) is 74.5 cm³/mol. The van der Waals surface area contributed by atoms with E-state index in [1.165, 1.54) is 32.1 Å². The van der Waals surface area contributed by atoms with Crippen LogP contribution < -0.4 is 5.73 Å². The molecule has 0 radical (unpaired) electrons. The summed E-state index contributed by atoms with van der Waals surface area (Å²) in [4.78, 5) is 2.39. The predicted octanol–water partition coefficient (Wildman–Crippen LogP) is 1.83. The maximum atomic E-state index is 5.88. The molecule has 0 aromatic rings. The standard InChI is InChI=1S/C14H30N2O2/c1-16(11-12-7-5-4-6-8-12)13(10-15)9-14(17-2)18-3/h12-14H,4-11,15H2,1-3H3. The van der Waals surface area contributed by atoms with Crippen LogP contribution in [0.1, 0.15) is 38.5 Å². The highest BCUT2D eigenvalue weighted by molar-refractivity contribution is 4.76. The van der Waals surface area contributed by atoms with Gasteiger partial charge in [0.1, 0.15) is 0 Å². The number of likely N-dealkylation sites (N-methyl/N-ethyl adjacent to an activating group) is 1. The minimum absolute atomic E-state index is 0.146. The number of ether oxygens (including phenoxy) is 2. The van der Waals surface area contributed by atoms with E-state index in [0.29, 0.717) is 12.6 Å². The zero-order chi connectivity index (χ0) is 13.4. The Balaban J connectivity index is 2.37. The summed E-state index contributed by atoms with van der Waals surface area (Å²) in [5, 5.41) is 0. The Morgan fingerprint density at radius 1 is 1.17 bits per heavy atom. The lowest BCUT2D eigenvalue weighted by atomic mass is 9.88. The van der Waals surface area contributed by atoms with Gasteiger partial charge in [0.2, 0.25) is 0 Å². The minimum atomic E-state index is -0.146. The highest BCUT2D eigenvalue weighted by Crippen LogP contribution is 2.25. The van der Waals surface area contributed by atoms with Crippen LogP contribution in [0, 0.1) is 5.92 Å². The van der Waals surface area contributed by atoms with Gasteiger partial charge in [0, 0.05) is 39.8 Å². The first-order valence-corrected chi connectivity index (χ1v) is 7.17. The summed E-state index contributed by atoms with van der Waals surface area (Å²) < 4.78 is 10.5. The molecule has 4 heteroatoms. The fourth-order valence-electron chi connectivity index (χ4n) is 2.89. The highest BCUT2D eigenvalue weighted by Gasteiger charge is 2.22. The first-order chi connectivity index (χ1) is 8.71. The van der Waals surface area contributed by atoms with Crippen LogP contribution in [0.5, 0.6) is 0 Å². The number of rotatable bonds is 8. The molecule has 0 amide bonds. The monoisotopic (exact) mass is 258 g/mol. The average molecular weight is 258 g/mol. The molecule has 1 saturated carbocycles. The van der Waals surface area contributed by atoms with Crippen molar-refractivity contribution in [2.45, 2.75) is 50.9 Å². The molecular formula is C14H30N2O2. The molecule has 4 nitrogen and oxygen atoms in total. The summed E-state index contributed by atoms with van der Waals surface area (Å²) in [6.45, 7) is 1.81. The lowest BCUT2D eigenvalue weighted by Gasteiger charge is -2.33. The van der Waals surface area contributed by atoms with Crippen LogP contribution in [-0.4, -0.2) is 51.6 Å². The number of methoxy groups -OCH3 is 2. The van der Waals surface area contributed by atoms with Gasteiger partial charge in [-0.1, -0.05) is 19.3 Å². The molecule has 0 aliphatic heterocycles. The second-order valence-electron chi connectivity index (χ2n) is 5.47. The Morgan fingerprint density at radius 3 is 2.28 bits per heavy atom. The summed E-state index contributed by atoms with van der Waals surface area (Å²) >= 11 is 0.